The third-order valence-electron chi connectivity index (χ3n) is 5.15. The van der Waals surface area contributed by atoms with Crippen LogP contribution >= 0.6 is 24.0 Å². The maximum absolute atomic E-state index is 13.5. The van der Waals surface area contributed by atoms with Gasteiger partial charge in [-0.1, -0.05) is 0 Å². The average Bonchev–Trinajstić information content (AvgIpc) is 3.31. The first kappa shape index (κ1) is 19.4. The van der Waals surface area contributed by atoms with Crippen LogP contribution in [0, 0.1) is 5.82 Å². The van der Waals surface area contributed by atoms with Crippen molar-refractivity contribution >= 4 is 40.8 Å². The van der Waals surface area contributed by atoms with Gasteiger partial charge in [0, 0.05) is 30.2 Å². The molecule has 2 bridgehead atoms. The van der Waals surface area contributed by atoms with Gasteiger partial charge in [0.05, 0.1) is 18.2 Å². The highest BCUT2D eigenvalue weighted by molar-refractivity contribution is 14.0. The third kappa shape index (κ3) is 4.14. The summed E-state index contributed by atoms with van der Waals surface area (Å²) in [7, 11) is 0. The van der Waals surface area contributed by atoms with E-state index in [0.29, 0.717) is 24.8 Å². The van der Waals surface area contributed by atoms with Crippen molar-refractivity contribution in [2.45, 2.75) is 50.9 Å². The molecule has 2 fully saturated rings. The molecule has 3 atom stereocenters. The van der Waals surface area contributed by atoms with Crippen molar-refractivity contribution in [2.75, 3.05) is 13.1 Å². The Labute approximate surface area is 170 Å². The van der Waals surface area contributed by atoms with Crippen molar-refractivity contribution in [3.8, 4) is 0 Å². The van der Waals surface area contributed by atoms with E-state index in [-0.39, 0.29) is 29.8 Å². The molecular formula is C19H26FIN4O. The number of fused-ring (bicyclic) bond motifs is 3. The van der Waals surface area contributed by atoms with E-state index in [1.165, 1.54) is 12.5 Å². The molecule has 3 heterocycles. The summed E-state index contributed by atoms with van der Waals surface area (Å²) in [6, 6.07) is 5.20. The third-order valence-corrected chi connectivity index (χ3v) is 5.15. The van der Waals surface area contributed by atoms with Crippen LogP contribution in [0.5, 0.6) is 0 Å². The number of halogens is 2. The highest BCUT2D eigenvalue weighted by Crippen LogP contribution is 2.34. The number of H-pyrrole nitrogens is 1. The van der Waals surface area contributed by atoms with Gasteiger partial charge in [-0.25, -0.2) is 4.39 Å². The summed E-state index contributed by atoms with van der Waals surface area (Å²) < 4.78 is 19.4. The number of guanidine groups is 1. The van der Waals surface area contributed by atoms with Gasteiger partial charge in [-0.3, -0.25) is 4.99 Å². The highest BCUT2D eigenvalue weighted by Gasteiger charge is 2.41. The molecule has 7 heteroatoms. The minimum absolute atomic E-state index is 0. The second kappa shape index (κ2) is 8.56. The number of hydrogen-bond donors (Lipinski definition) is 3. The van der Waals surface area contributed by atoms with Gasteiger partial charge in [-0.2, -0.15) is 0 Å². The van der Waals surface area contributed by atoms with Crippen LogP contribution in [0.1, 0.15) is 31.7 Å². The van der Waals surface area contributed by atoms with Crippen molar-refractivity contribution in [3.63, 3.8) is 0 Å². The van der Waals surface area contributed by atoms with Gasteiger partial charge in [-0.15, -0.1) is 24.0 Å². The summed E-state index contributed by atoms with van der Waals surface area (Å²) in [5, 5.41) is 7.77. The molecule has 2 aliphatic rings. The number of hydrogen-bond acceptors (Lipinski definition) is 2. The number of ether oxygens (including phenoxy) is 1. The molecule has 0 saturated carbocycles. The lowest BCUT2D eigenvalue weighted by Crippen LogP contribution is -2.47. The van der Waals surface area contributed by atoms with E-state index in [2.05, 4.69) is 22.5 Å². The smallest absolute Gasteiger partial charge is 0.191 e. The van der Waals surface area contributed by atoms with Gasteiger partial charge >= 0.3 is 0 Å². The number of benzene rings is 1. The normalized spacial score (nSPS) is 24.7. The lowest BCUT2D eigenvalue weighted by atomic mass is 9.96. The molecule has 2 saturated heterocycles. The largest absolute Gasteiger partial charge is 0.373 e. The SMILES string of the molecule is CCNC(=NCCc1c[nH]c2ccc(F)cc12)NC1CC2CCC1O2.I. The van der Waals surface area contributed by atoms with Gasteiger partial charge in [0.25, 0.3) is 0 Å². The zero-order valence-electron chi connectivity index (χ0n) is 14.9. The zero-order valence-corrected chi connectivity index (χ0v) is 17.3. The predicted molar refractivity (Wildman–Crippen MR) is 113 cm³/mol. The molecule has 3 N–H and O–H groups in total. The molecular weight excluding hydrogens is 446 g/mol. The molecule has 26 heavy (non-hydrogen) atoms. The molecule has 142 valence electrons. The van der Waals surface area contributed by atoms with Crippen LogP contribution in [0.25, 0.3) is 10.9 Å². The highest BCUT2D eigenvalue weighted by atomic mass is 127. The van der Waals surface area contributed by atoms with Crippen molar-refractivity contribution in [1.29, 1.82) is 0 Å². The predicted octanol–water partition coefficient (Wildman–Crippen LogP) is 3.34. The summed E-state index contributed by atoms with van der Waals surface area (Å²) in [5.74, 6) is 0.637. The van der Waals surface area contributed by atoms with Crippen LogP contribution < -0.4 is 10.6 Å². The second-order valence-electron chi connectivity index (χ2n) is 6.87. The fourth-order valence-electron chi connectivity index (χ4n) is 3.93. The van der Waals surface area contributed by atoms with Gasteiger partial charge in [0.1, 0.15) is 5.82 Å². The summed E-state index contributed by atoms with van der Waals surface area (Å²) >= 11 is 0. The fraction of sp³-hybridized carbons (Fsp3) is 0.526. The number of nitrogens with zero attached hydrogens (tertiary/aromatic N) is 1. The monoisotopic (exact) mass is 472 g/mol. The Morgan fingerprint density at radius 1 is 1.38 bits per heavy atom. The molecule has 2 aliphatic heterocycles. The molecule has 0 amide bonds. The summed E-state index contributed by atoms with van der Waals surface area (Å²) in [5.41, 5.74) is 2.06. The molecule has 0 radical (unpaired) electrons. The molecule has 1 aromatic heterocycles. The van der Waals surface area contributed by atoms with Gasteiger partial charge in [-0.05, 0) is 56.4 Å². The maximum Gasteiger partial charge on any atom is 0.191 e. The van der Waals surface area contributed by atoms with E-state index in [4.69, 9.17) is 9.73 Å². The van der Waals surface area contributed by atoms with E-state index in [9.17, 15) is 4.39 Å². The minimum Gasteiger partial charge on any atom is -0.373 e. The maximum atomic E-state index is 13.5. The first-order chi connectivity index (χ1) is 12.2. The standard InChI is InChI=1S/C19H25FN4O.HI/c1-2-21-19(24-17-10-14-4-6-18(17)25-14)22-8-7-12-11-23-16-5-3-13(20)9-15(12)16;/h3,5,9,11,14,17-18,23H,2,4,6-8,10H2,1H3,(H2,21,22,24);1H. The molecule has 4 rings (SSSR count). The zero-order chi connectivity index (χ0) is 17.2. The summed E-state index contributed by atoms with van der Waals surface area (Å²) in [4.78, 5) is 7.89. The second-order valence-corrected chi connectivity index (χ2v) is 6.87. The van der Waals surface area contributed by atoms with E-state index >= 15 is 0 Å². The summed E-state index contributed by atoms with van der Waals surface area (Å²) in [6.07, 6.45) is 6.86. The number of nitrogens with one attached hydrogen (secondary N) is 3. The minimum atomic E-state index is -0.205. The Kier molecular flexibility index (Phi) is 6.39. The lowest BCUT2D eigenvalue weighted by molar-refractivity contribution is 0.0992. The van der Waals surface area contributed by atoms with E-state index in [1.54, 1.807) is 12.1 Å². The molecule has 5 nitrogen and oxygen atoms in total. The van der Waals surface area contributed by atoms with Gasteiger partial charge < -0.3 is 20.4 Å². The van der Waals surface area contributed by atoms with E-state index in [1.807, 2.05) is 6.20 Å². The van der Waals surface area contributed by atoms with Crippen molar-refractivity contribution in [2.24, 2.45) is 4.99 Å². The number of aliphatic imine (C=N–C) groups is 1. The van der Waals surface area contributed by atoms with Crippen LogP contribution in [0.15, 0.2) is 29.4 Å². The first-order valence-electron chi connectivity index (χ1n) is 9.18. The molecule has 1 aromatic carbocycles. The van der Waals surface area contributed by atoms with Crippen LogP contribution in [0.2, 0.25) is 0 Å². The Hall–Kier alpha value is -1.35. The van der Waals surface area contributed by atoms with E-state index in [0.717, 1.165) is 48.2 Å². The van der Waals surface area contributed by atoms with Crippen molar-refractivity contribution < 1.29 is 9.13 Å². The Balaban J connectivity index is 0.00000196. The molecule has 2 aromatic rings. The Morgan fingerprint density at radius 3 is 3.00 bits per heavy atom. The number of aromatic amines is 1. The quantitative estimate of drug-likeness (QED) is 0.356. The number of rotatable bonds is 5. The Bertz CT molecular complexity index is 778. The average molecular weight is 472 g/mol. The van der Waals surface area contributed by atoms with Gasteiger partial charge in [0.15, 0.2) is 5.96 Å². The molecule has 0 spiro atoms. The fourth-order valence-corrected chi connectivity index (χ4v) is 3.93. The first-order valence-corrected chi connectivity index (χ1v) is 9.18. The Morgan fingerprint density at radius 2 is 2.27 bits per heavy atom. The number of aromatic nitrogens is 1. The van der Waals surface area contributed by atoms with E-state index < -0.39 is 0 Å². The van der Waals surface area contributed by atoms with Crippen LogP contribution in [0.3, 0.4) is 0 Å². The van der Waals surface area contributed by atoms with Crippen molar-refractivity contribution in [3.05, 3.63) is 35.8 Å². The van der Waals surface area contributed by atoms with Crippen LogP contribution in [-0.2, 0) is 11.2 Å². The van der Waals surface area contributed by atoms with Crippen LogP contribution in [-0.4, -0.2) is 42.3 Å². The topological polar surface area (TPSA) is 61.4 Å². The molecule has 3 unspecified atom stereocenters. The summed E-state index contributed by atoms with van der Waals surface area (Å²) in [6.45, 7) is 3.54. The van der Waals surface area contributed by atoms with Crippen molar-refractivity contribution in [1.82, 2.24) is 15.6 Å². The lowest BCUT2D eigenvalue weighted by Gasteiger charge is -2.22. The van der Waals surface area contributed by atoms with Gasteiger partial charge in [0.2, 0.25) is 0 Å². The molecule has 0 aliphatic carbocycles. The van der Waals surface area contributed by atoms with Crippen LogP contribution in [0.4, 0.5) is 4.39 Å².